The normalized spacial score (nSPS) is 21.5. The van der Waals surface area contributed by atoms with Crippen molar-refractivity contribution in [1.82, 2.24) is 15.1 Å². The third kappa shape index (κ3) is 3.73. The molecule has 2 aliphatic rings. The Labute approximate surface area is 150 Å². The van der Waals surface area contributed by atoms with Crippen LogP contribution in [0.4, 0.5) is 0 Å². The number of carboxylic acids is 1. The zero-order valence-corrected chi connectivity index (χ0v) is 15.2. The molecule has 2 aliphatic heterocycles. The van der Waals surface area contributed by atoms with E-state index < -0.39 is 11.9 Å². The van der Waals surface area contributed by atoms with E-state index in [9.17, 15) is 9.59 Å². The van der Waals surface area contributed by atoms with E-state index in [4.69, 9.17) is 9.84 Å². The van der Waals surface area contributed by atoms with Gasteiger partial charge in [-0.25, -0.2) is 9.59 Å². The molecule has 0 saturated heterocycles. The van der Waals surface area contributed by atoms with E-state index in [1.54, 1.807) is 0 Å². The number of carbonyl (C=O) groups excluding carboxylic acids is 1. The van der Waals surface area contributed by atoms with Crippen molar-refractivity contribution in [2.45, 2.75) is 38.5 Å². The van der Waals surface area contributed by atoms with Crippen molar-refractivity contribution in [3.05, 3.63) is 40.3 Å². The van der Waals surface area contributed by atoms with E-state index in [0.29, 0.717) is 12.0 Å². The van der Waals surface area contributed by atoms with Gasteiger partial charge in [-0.3, -0.25) is 4.68 Å². The van der Waals surface area contributed by atoms with E-state index in [1.165, 1.54) is 36.2 Å². The Kier molecular flexibility index (Phi) is 4.64. The van der Waals surface area contributed by atoms with Gasteiger partial charge in [-0.05, 0) is 17.9 Å². The highest BCUT2D eigenvalue weighted by Crippen LogP contribution is 2.33. The number of carbonyl (C=O) groups is 2. The highest BCUT2D eigenvalue weighted by atomic mass is 32.2. The zero-order valence-electron chi connectivity index (χ0n) is 14.4. The van der Waals surface area contributed by atoms with Crippen molar-refractivity contribution in [2.75, 3.05) is 7.11 Å². The number of carboxylic acid groups (broad SMARTS) is 1. The average molecular weight is 363 g/mol. The lowest BCUT2D eigenvalue weighted by molar-refractivity contribution is -0.136. The van der Waals surface area contributed by atoms with Gasteiger partial charge in [0.2, 0.25) is 0 Å². The minimum absolute atomic E-state index is 0.0305. The second kappa shape index (κ2) is 6.59. The fourth-order valence-corrected chi connectivity index (χ4v) is 4.17. The molecule has 0 bridgehead atoms. The van der Waals surface area contributed by atoms with Gasteiger partial charge < -0.3 is 15.2 Å². The van der Waals surface area contributed by atoms with Crippen LogP contribution in [0, 0.1) is 5.41 Å². The summed E-state index contributed by atoms with van der Waals surface area (Å²) in [7, 11) is 1.31. The number of ether oxygens (including phenoxy) is 1. The first kappa shape index (κ1) is 17.6. The van der Waals surface area contributed by atoms with Crippen molar-refractivity contribution in [2.24, 2.45) is 5.41 Å². The minimum atomic E-state index is -1.07. The lowest BCUT2D eigenvalue weighted by Gasteiger charge is -2.16. The van der Waals surface area contributed by atoms with Gasteiger partial charge in [0.15, 0.2) is 0 Å². The van der Waals surface area contributed by atoms with Crippen molar-refractivity contribution in [1.29, 1.82) is 0 Å². The molecule has 0 spiro atoms. The summed E-state index contributed by atoms with van der Waals surface area (Å²) in [6.45, 7) is 5.31. The van der Waals surface area contributed by atoms with Crippen LogP contribution in [-0.2, 0) is 33.7 Å². The van der Waals surface area contributed by atoms with Crippen LogP contribution in [0.25, 0.3) is 0 Å². The van der Waals surface area contributed by atoms with Crippen LogP contribution in [0.3, 0.4) is 0 Å². The van der Waals surface area contributed by atoms with E-state index in [0.717, 1.165) is 18.7 Å². The summed E-state index contributed by atoms with van der Waals surface area (Å²) in [5, 5.41) is 17.7. The van der Waals surface area contributed by atoms with Crippen molar-refractivity contribution < 1.29 is 19.4 Å². The summed E-state index contributed by atoms with van der Waals surface area (Å²) < 4.78 is 6.86. The molecular formula is C17H21N3O4S. The SMILES string of the molecule is COC(=O)C1=CNC(C(=O)O)=CSC1Cc1cc2n(n1)CC(C)(C)C2. The molecule has 1 unspecified atom stereocenters. The second-order valence-electron chi connectivity index (χ2n) is 7.03. The summed E-state index contributed by atoms with van der Waals surface area (Å²) in [4.78, 5) is 23.2. The molecule has 25 heavy (non-hydrogen) atoms. The van der Waals surface area contributed by atoms with Gasteiger partial charge in [0, 0.05) is 35.5 Å². The number of methoxy groups -OCH3 is 1. The van der Waals surface area contributed by atoms with Crippen LogP contribution in [0.1, 0.15) is 25.2 Å². The lowest BCUT2D eigenvalue weighted by Crippen LogP contribution is -2.21. The molecule has 1 aromatic heterocycles. The third-order valence-electron chi connectivity index (χ3n) is 4.28. The zero-order chi connectivity index (χ0) is 18.2. The number of nitrogens with one attached hydrogen (secondary N) is 1. The molecular weight excluding hydrogens is 342 g/mol. The molecule has 0 amide bonds. The molecule has 7 nitrogen and oxygen atoms in total. The van der Waals surface area contributed by atoms with Crippen molar-refractivity contribution in [3.63, 3.8) is 0 Å². The number of aromatic nitrogens is 2. The quantitative estimate of drug-likeness (QED) is 0.786. The monoisotopic (exact) mass is 363 g/mol. The van der Waals surface area contributed by atoms with Gasteiger partial charge in [0.25, 0.3) is 0 Å². The molecule has 0 aliphatic carbocycles. The predicted octanol–water partition coefficient (Wildman–Crippen LogP) is 1.70. The van der Waals surface area contributed by atoms with Gasteiger partial charge in [0.1, 0.15) is 5.70 Å². The maximum Gasteiger partial charge on any atom is 0.352 e. The number of hydrogen-bond donors (Lipinski definition) is 2. The number of nitrogens with zero attached hydrogens (tertiary/aromatic N) is 2. The maximum absolute atomic E-state index is 12.1. The third-order valence-corrected chi connectivity index (χ3v) is 5.40. The van der Waals surface area contributed by atoms with E-state index >= 15 is 0 Å². The molecule has 1 atom stereocenters. The number of rotatable bonds is 4. The van der Waals surface area contributed by atoms with Gasteiger partial charge in [0.05, 0.1) is 18.4 Å². The lowest BCUT2D eigenvalue weighted by atomic mass is 9.91. The molecule has 3 heterocycles. The standard InChI is InChI=1S/C17H21N3O4S/c1-17(2)6-11-4-10(19-20(11)9-17)5-14-12(16(23)24-3)7-18-13(8-25-14)15(21)22/h4,7-8,14,18H,5-6,9H2,1-3H3,(H,21,22). The van der Waals surface area contributed by atoms with Crippen LogP contribution in [0.15, 0.2) is 28.9 Å². The van der Waals surface area contributed by atoms with Crippen LogP contribution in [0.2, 0.25) is 0 Å². The molecule has 0 fully saturated rings. The van der Waals surface area contributed by atoms with Crippen molar-refractivity contribution in [3.8, 4) is 0 Å². The van der Waals surface area contributed by atoms with E-state index in [2.05, 4.69) is 30.3 Å². The highest BCUT2D eigenvalue weighted by molar-refractivity contribution is 8.03. The van der Waals surface area contributed by atoms with Crippen LogP contribution in [-0.4, -0.2) is 39.2 Å². The fourth-order valence-electron chi connectivity index (χ4n) is 3.12. The number of fused-ring (bicyclic) bond motifs is 1. The molecule has 8 heteroatoms. The molecule has 0 saturated carbocycles. The van der Waals surface area contributed by atoms with E-state index in [-0.39, 0.29) is 16.4 Å². The summed E-state index contributed by atoms with van der Waals surface area (Å²) in [5.41, 5.74) is 2.74. The predicted molar refractivity (Wildman–Crippen MR) is 93.7 cm³/mol. The van der Waals surface area contributed by atoms with Crippen molar-refractivity contribution >= 4 is 23.7 Å². The van der Waals surface area contributed by atoms with Gasteiger partial charge in [-0.2, -0.15) is 5.10 Å². The first-order valence-electron chi connectivity index (χ1n) is 7.98. The molecule has 134 valence electrons. The van der Waals surface area contributed by atoms with Crippen LogP contribution >= 0.6 is 11.8 Å². The molecule has 0 aromatic carbocycles. The molecule has 2 N–H and O–H groups in total. The Morgan fingerprint density at radius 3 is 2.92 bits per heavy atom. The molecule has 3 rings (SSSR count). The Morgan fingerprint density at radius 2 is 2.28 bits per heavy atom. The van der Waals surface area contributed by atoms with Crippen LogP contribution in [0.5, 0.6) is 0 Å². The number of thioether (sulfide) groups is 1. The Bertz CT molecular complexity index is 753. The Hall–Kier alpha value is -2.22. The average Bonchev–Trinajstić information content (AvgIpc) is 2.91. The summed E-state index contributed by atoms with van der Waals surface area (Å²) in [6, 6.07) is 2.07. The second-order valence-corrected chi connectivity index (χ2v) is 8.10. The Balaban J connectivity index is 1.82. The maximum atomic E-state index is 12.1. The highest BCUT2D eigenvalue weighted by Gasteiger charge is 2.31. The first-order chi connectivity index (χ1) is 11.8. The fraction of sp³-hybridized carbons (Fsp3) is 0.471. The number of hydrogen-bond acceptors (Lipinski definition) is 6. The number of aliphatic carboxylic acids is 1. The topological polar surface area (TPSA) is 93.5 Å². The Morgan fingerprint density at radius 1 is 1.52 bits per heavy atom. The van der Waals surface area contributed by atoms with Gasteiger partial charge in [-0.1, -0.05) is 13.8 Å². The van der Waals surface area contributed by atoms with Gasteiger partial charge in [-0.15, -0.1) is 11.8 Å². The molecule has 1 aromatic rings. The smallest absolute Gasteiger partial charge is 0.352 e. The summed E-state index contributed by atoms with van der Waals surface area (Å²) >= 11 is 1.28. The largest absolute Gasteiger partial charge is 0.477 e. The van der Waals surface area contributed by atoms with Crippen LogP contribution < -0.4 is 5.32 Å². The summed E-state index contributed by atoms with van der Waals surface area (Å²) in [5.74, 6) is -1.55. The number of esters is 1. The van der Waals surface area contributed by atoms with E-state index in [1.807, 2.05) is 4.68 Å². The molecule has 0 radical (unpaired) electrons. The minimum Gasteiger partial charge on any atom is -0.477 e. The summed E-state index contributed by atoms with van der Waals surface area (Å²) in [6.07, 6.45) is 2.92. The first-order valence-corrected chi connectivity index (χ1v) is 8.93. The van der Waals surface area contributed by atoms with Gasteiger partial charge >= 0.3 is 11.9 Å².